The zero-order valence-corrected chi connectivity index (χ0v) is 8.15. The maximum Gasteiger partial charge on any atom is 0.417 e. The van der Waals surface area contributed by atoms with Crippen LogP contribution < -0.4 is 0 Å². The van der Waals surface area contributed by atoms with Crippen molar-refractivity contribution in [3.8, 4) is 0 Å². The van der Waals surface area contributed by atoms with Gasteiger partial charge in [-0.3, -0.25) is 4.98 Å². The summed E-state index contributed by atoms with van der Waals surface area (Å²) >= 11 is 1.10. The van der Waals surface area contributed by atoms with Crippen molar-refractivity contribution < 1.29 is 17.4 Å². The molecule has 0 saturated heterocycles. The quantitative estimate of drug-likeness (QED) is 0.735. The SMILES string of the molecule is CSOCc1cncc(C(F)(F)F)c1. The van der Waals surface area contributed by atoms with E-state index in [1.807, 2.05) is 0 Å². The number of aromatic nitrogens is 1. The molecule has 0 aliphatic carbocycles. The molecule has 0 N–H and O–H groups in total. The van der Waals surface area contributed by atoms with Crippen LogP contribution in [0.25, 0.3) is 0 Å². The van der Waals surface area contributed by atoms with Crippen LogP contribution in [-0.2, 0) is 17.0 Å². The number of hydrogen-bond acceptors (Lipinski definition) is 3. The van der Waals surface area contributed by atoms with Crippen LogP contribution in [0.2, 0.25) is 0 Å². The van der Waals surface area contributed by atoms with E-state index < -0.39 is 11.7 Å². The highest BCUT2D eigenvalue weighted by molar-refractivity contribution is 7.93. The lowest BCUT2D eigenvalue weighted by Gasteiger charge is -2.07. The minimum Gasteiger partial charge on any atom is -0.311 e. The van der Waals surface area contributed by atoms with Crippen LogP contribution in [0.15, 0.2) is 18.5 Å². The first-order valence-corrected chi connectivity index (χ1v) is 4.86. The summed E-state index contributed by atoms with van der Waals surface area (Å²) in [5.41, 5.74) is -0.339. The van der Waals surface area contributed by atoms with E-state index in [-0.39, 0.29) is 6.61 Å². The van der Waals surface area contributed by atoms with Crippen molar-refractivity contribution in [3.05, 3.63) is 29.6 Å². The van der Waals surface area contributed by atoms with E-state index in [1.54, 1.807) is 6.26 Å². The maximum atomic E-state index is 12.2. The normalized spacial score (nSPS) is 11.7. The van der Waals surface area contributed by atoms with Gasteiger partial charge in [-0.2, -0.15) is 13.2 Å². The summed E-state index contributed by atoms with van der Waals surface area (Å²) in [4.78, 5) is 3.49. The topological polar surface area (TPSA) is 22.1 Å². The Hall–Kier alpha value is -0.750. The number of rotatable bonds is 3. The Morgan fingerprint density at radius 3 is 2.71 bits per heavy atom. The van der Waals surface area contributed by atoms with Gasteiger partial charge in [0.15, 0.2) is 0 Å². The molecule has 0 saturated carbocycles. The number of halogens is 3. The smallest absolute Gasteiger partial charge is 0.311 e. The lowest BCUT2D eigenvalue weighted by molar-refractivity contribution is -0.137. The van der Waals surface area contributed by atoms with Crippen molar-refractivity contribution in [1.82, 2.24) is 4.98 Å². The third-order valence-electron chi connectivity index (χ3n) is 1.47. The van der Waals surface area contributed by atoms with Crippen LogP contribution in [0, 0.1) is 0 Å². The zero-order valence-electron chi connectivity index (χ0n) is 7.34. The van der Waals surface area contributed by atoms with Crippen LogP contribution >= 0.6 is 12.0 Å². The second-order valence-electron chi connectivity index (χ2n) is 2.51. The predicted octanol–water partition coefficient (Wildman–Crippen LogP) is 2.90. The van der Waals surface area contributed by atoms with Crippen LogP contribution in [-0.4, -0.2) is 11.2 Å². The molecule has 78 valence electrons. The molecular formula is C8H8F3NOS. The molecule has 0 fully saturated rings. The molecule has 0 spiro atoms. The number of alkyl halides is 3. The molecular weight excluding hydrogens is 215 g/mol. The first kappa shape index (κ1) is 11.3. The molecule has 0 amide bonds. The summed E-state index contributed by atoms with van der Waals surface area (Å²) in [6, 6.07) is 1.03. The first-order chi connectivity index (χ1) is 6.54. The molecule has 1 heterocycles. The summed E-state index contributed by atoms with van der Waals surface area (Å²) < 4.78 is 41.5. The summed E-state index contributed by atoms with van der Waals surface area (Å²) in [5, 5.41) is 0. The highest BCUT2D eigenvalue weighted by atomic mass is 32.2. The number of pyridine rings is 1. The van der Waals surface area contributed by atoms with E-state index >= 15 is 0 Å². The van der Waals surface area contributed by atoms with Gasteiger partial charge in [0.05, 0.1) is 12.2 Å². The molecule has 0 aliphatic heterocycles. The highest BCUT2D eigenvalue weighted by Gasteiger charge is 2.30. The fourth-order valence-corrected chi connectivity index (χ4v) is 1.10. The monoisotopic (exact) mass is 223 g/mol. The molecule has 1 aromatic heterocycles. The molecule has 0 aliphatic rings. The Kier molecular flexibility index (Phi) is 3.77. The van der Waals surface area contributed by atoms with E-state index in [0.29, 0.717) is 5.56 Å². The summed E-state index contributed by atoms with van der Waals surface area (Å²) in [5.74, 6) is 0. The van der Waals surface area contributed by atoms with Crippen LogP contribution in [0.1, 0.15) is 11.1 Å². The van der Waals surface area contributed by atoms with Gasteiger partial charge >= 0.3 is 6.18 Å². The molecule has 0 radical (unpaired) electrons. The Bertz CT molecular complexity index is 303. The predicted molar refractivity (Wildman–Crippen MR) is 47.5 cm³/mol. The van der Waals surface area contributed by atoms with E-state index in [2.05, 4.69) is 4.98 Å². The van der Waals surface area contributed by atoms with Crippen molar-refractivity contribution in [2.24, 2.45) is 0 Å². The second-order valence-corrected chi connectivity index (χ2v) is 3.08. The van der Waals surface area contributed by atoms with Gasteiger partial charge < -0.3 is 4.18 Å². The van der Waals surface area contributed by atoms with E-state index in [1.165, 1.54) is 6.20 Å². The van der Waals surface area contributed by atoms with Gasteiger partial charge in [-0.1, -0.05) is 0 Å². The third-order valence-corrected chi connectivity index (χ3v) is 1.82. The largest absolute Gasteiger partial charge is 0.417 e. The van der Waals surface area contributed by atoms with Crippen molar-refractivity contribution in [2.75, 3.05) is 6.26 Å². The van der Waals surface area contributed by atoms with Crippen LogP contribution in [0.3, 0.4) is 0 Å². The van der Waals surface area contributed by atoms with Gasteiger partial charge in [0.1, 0.15) is 0 Å². The lowest BCUT2D eigenvalue weighted by Crippen LogP contribution is -2.06. The van der Waals surface area contributed by atoms with Gasteiger partial charge in [0.25, 0.3) is 0 Å². The van der Waals surface area contributed by atoms with Crippen LogP contribution in [0.5, 0.6) is 0 Å². The molecule has 14 heavy (non-hydrogen) atoms. The summed E-state index contributed by atoms with van der Waals surface area (Å²) in [6.07, 6.45) is -0.503. The van der Waals surface area contributed by atoms with Gasteiger partial charge in [-0.25, -0.2) is 0 Å². The minimum atomic E-state index is -4.34. The minimum absolute atomic E-state index is 0.123. The molecule has 1 aromatic rings. The van der Waals surface area contributed by atoms with Gasteiger partial charge in [-0.05, 0) is 23.7 Å². The number of nitrogens with zero attached hydrogens (tertiary/aromatic N) is 1. The molecule has 0 unspecified atom stereocenters. The molecule has 0 bridgehead atoms. The Morgan fingerprint density at radius 2 is 2.14 bits per heavy atom. The molecule has 6 heteroatoms. The number of hydrogen-bond donors (Lipinski definition) is 0. The fraction of sp³-hybridized carbons (Fsp3) is 0.375. The van der Waals surface area contributed by atoms with Crippen LogP contribution in [0.4, 0.5) is 13.2 Å². The second kappa shape index (κ2) is 4.65. The molecule has 0 aromatic carbocycles. The van der Waals surface area contributed by atoms with Gasteiger partial charge in [0.2, 0.25) is 0 Å². The zero-order chi connectivity index (χ0) is 10.6. The summed E-state index contributed by atoms with van der Waals surface area (Å²) in [6.45, 7) is 0.123. The first-order valence-electron chi connectivity index (χ1n) is 3.71. The molecule has 2 nitrogen and oxygen atoms in total. The van der Waals surface area contributed by atoms with E-state index in [0.717, 1.165) is 24.3 Å². The third kappa shape index (κ3) is 3.19. The lowest BCUT2D eigenvalue weighted by atomic mass is 10.2. The fourth-order valence-electron chi connectivity index (χ4n) is 0.849. The Balaban J connectivity index is 2.79. The van der Waals surface area contributed by atoms with Crippen molar-refractivity contribution in [2.45, 2.75) is 12.8 Å². The van der Waals surface area contributed by atoms with E-state index in [9.17, 15) is 13.2 Å². The van der Waals surface area contributed by atoms with Crippen molar-refractivity contribution >= 4 is 12.0 Å². The maximum absolute atomic E-state index is 12.2. The average molecular weight is 223 g/mol. The Morgan fingerprint density at radius 1 is 1.43 bits per heavy atom. The molecule has 1 rings (SSSR count). The highest BCUT2D eigenvalue weighted by Crippen LogP contribution is 2.29. The average Bonchev–Trinajstić information content (AvgIpc) is 2.14. The summed E-state index contributed by atoms with van der Waals surface area (Å²) in [7, 11) is 0. The molecule has 0 atom stereocenters. The van der Waals surface area contributed by atoms with Crippen molar-refractivity contribution in [3.63, 3.8) is 0 Å². The Labute approximate surface area is 83.7 Å². The van der Waals surface area contributed by atoms with E-state index in [4.69, 9.17) is 4.18 Å². The van der Waals surface area contributed by atoms with Gasteiger partial charge in [0, 0.05) is 18.6 Å². The van der Waals surface area contributed by atoms with Crippen molar-refractivity contribution in [1.29, 1.82) is 0 Å². The van der Waals surface area contributed by atoms with Gasteiger partial charge in [-0.15, -0.1) is 0 Å². The standard InChI is InChI=1S/C8H8F3NOS/c1-14-13-5-6-2-7(4-12-3-6)8(9,10)11/h2-4H,5H2,1H3.